The molecule has 1 heterocycles. The first-order chi connectivity index (χ1) is 6.24. The topological polar surface area (TPSA) is 9.23 Å². The van der Waals surface area contributed by atoms with Crippen LogP contribution in [0.25, 0.3) is 0 Å². The minimum atomic E-state index is 0.815. The average Bonchev–Trinajstić information content (AvgIpc) is 2.39. The molecule has 0 radical (unpaired) electrons. The Labute approximate surface area is 99.7 Å². The lowest BCUT2D eigenvalue weighted by Crippen LogP contribution is -1.98. The van der Waals surface area contributed by atoms with Crippen molar-refractivity contribution in [2.75, 3.05) is 13.2 Å². The number of hydrogen-bond donors (Lipinski definition) is 0. The zero-order chi connectivity index (χ0) is 9.68. The van der Waals surface area contributed by atoms with Crippen LogP contribution in [0.3, 0.4) is 0 Å². The first-order valence-corrected chi connectivity index (χ1v) is 6.65. The molecule has 0 spiro atoms. The number of halogens is 2. The van der Waals surface area contributed by atoms with E-state index in [1.807, 2.05) is 0 Å². The van der Waals surface area contributed by atoms with Gasteiger partial charge in [-0.25, -0.2) is 0 Å². The van der Waals surface area contributed by atoms with Gasteiger partial charge in [0.15, 0.2) is 0 Å². The van der Waals surface area contributed by atoms with Crippen molar-refractivity contribution in [3.05, 3.63) is 19.2 Å². The lowest BCUT2D eigenvalue weighted by atomic mass is 10.3. The molecule has 0 aliphatic carbocycles. The van der Waals surface area contributed by atoms with Gasteiger partial charge >= 0.3 is 0 Å². The molecule has 0 amide bonds. The number of rotatable bonds is 5. The molecule has 74 valence electrons. The predicted octanol–water partition coefficient (Wildman–Crippen LogP) is 4.24. The van der Waals surface area contributed by atoms with E-state index in [1.54, 1.807) is 11.3 Å². The van der Waals surface area contributed by atoms with Crippen LogP contribution in [-0.4, -0.2) is 13.2 Å². The Morgan fingerprint density at radius 3 is 2.69 bits per heavy atom. The summed E-state index contributed by atoms with van der Waals surface area (Å²) >= 11 is 8.68. The van der Waals surface area contributed by atoms with Gasteiger partial charge in [-0.2, -0.15) is 0 Å². The maximum atomic E-state index is 5.42. The van der Waals surface area contributed by atoms with Crippen molar-refractivity contribution >= 4 is 43.2 Å². The molecule has 1 nitrogen and oxygen atoms in total. The summed E-state index contributed by atoms with van der Waals surface area (Å²) in [7, 11) is 0. The second-order valence-electron chi connectivity index (χ2n) is 2.71. The monoisotopic (exact) mass is 326 g/mol. The van der Waals surface area contributed by atoms with Crippen molar-refractivity contribution in [1.29, 1.82) is 0 Å². The van der Waals surface area contributed by atoms with Crippen LogP contribution in [0.5, 0.6) is 0 Å². The molecule has 1 aromatic heterocycles. The highest BCUT2D eigenvalue weighted by atomic mass is 79.9. The maximum absolute atomic E-state index is 5.42. The van der Waals surface area contributed by atoms with Gasteiger partial charge in [0.2, 0.25) is 0 Å². The second-order valence-corrected chi connectivity index (χ2v) is 6.46. The molecule has 0 saturated heterocycles. The Morgan fingerprint density at radius 2 is 2.15 bits per heavy atom. The third kappa shape index (κ3) is 4.11. The van der Waals surface area contributed by atoms with Crippen LogP contribution in [-0.2, 0) is 11.2 Å². The summed E-state index contributed by atoms with van der Waals surface area (Å²) in [6.45, 7) is 3.80. The Hall–Kier alpha value is 0.620. The Morgan fingerprint density at radius 1 is 1.38 bits per heavy atom. The van der Waals surface area contributed by atoms with E-state index in [0.29, 0.717) is 0 Å². The lowest BCUT2D eigenvalue weighted by Gasteiger charge is -2.00. The lowest BCUT2D eigenvalue weighted by molar-refractivity contribution is 0.138. The van der Waals surface area contributed by atoms with Crippen LogP contribution < -0.4 is 0 Å². The van der Waals surface area contributed by atoms with Crippen LogP contribution in [0, 0.1) is 0 Å². The highest BCUT2D eigenvalue weighted by molar-refractivity contribution is 9.12. The van der Waals surface area contributed by atoms with Gasteiger partial charge in [0.1, 0.15) is 0 Å². The Kier molecular flexibility index (Phi) is 5.55. The molecule has 0 bridgehead atoms. The van der Waals surface area contributed by atoms with Crippen LogP contribution in [0.1, 0.15) is 18.9 Å². The highest BCUT2D eigenvalue weighted by Gasteiger charge is 2.04. The fourth-order valence-corrected chi connectivity index (χ4v) is 3.89. The summed E-state index contributed by atoms with van der Waals surface area (Å²) in [6.07, 6.45) is 2.08. The number of hydrogen-bond acceptors (Lipinski definition) is 2. The fraction of sp³-hybridized carbons (Fsp3) is 0.556. The summed E-state index contributed by atoms with van der Waals surface area (Å²) in [5.74, 6) is 0. The maximum Gasteiger partial charge on any atom is 0.0743 e. The molecule has 1 aromatic rings. The molecule has 0 N–H and O–H groups in total. The molecule has 0 fully saturated rings. The van der Waals surface area contributed by atoms with Crippen molar-refractivity contribution in [3.8, 4) is 0 Å². The minimum absolute atomic E-state index is 0.815. The third-order valence-corrected chi connectivity index (χ3v) is 4.06. The average molecular weight is 328 g/mol. The summed E-state index contributed by atoms with van der Waals surface area (Å²) < 4.78 is 7.80. The van der Waals surface area contributed by atoms with Gasteiger partial charge in [0.25, 0.3) is 0 Å². The molecule has 4 heteroatoms. The molecule has 1 rings (SSSR count). The molecule has 0 saturated carbocycles. The van der Waals surface area contributed by atoms with E-state index in [4.69, 9.17) is 4.74 Å². The Balaban J connectivity index is 2.32. The highest BCUT2D eigenvalue weighted by Crippen LogP contribution is 2.31. The summed E-state index contributed by atoms with van der Waals surface area (Å²) in [5.41, 5.74) is 1.33. The molecular formula is C9H12Br2OS. The van der Waals surface area contributed by atoms with Crippen molar-refractivity contribution < 1.29 is 4.74 Å². The van der Waals surface area contributed by atoms with Crippen molar-refractivity contribution in [2.24, 2.45) is 0 Å². The van der Waals surface area contributed by atoms with E-state index in [0.717, 1.165) is 26.1 Å². The number of thiophene rings is 1. The first kappa shape index (κ1) is 11.7. The summed E-state index contributed by atoms with van der Waals surface area (Å²) in [4.78, 5) is 0. The van der Waals surface area contributed by atoms with Crippen molar-refractivity contribution in [1.82, 2.24) is 0 Å². The van der Waals surface area contributed by atoms with E-state index in [9.17, 15) is 0 Å². The van der Waals surface area contributed by atoms with Crippen molar-refractivity contribution in [3.63, 3.8) is 0 Å². The van der Waals surface area contributed by atoms with Gasteiger partial charge in [-0.1, -0.05) is 6.92 Å². The fourth-order valence-electron chi connectivity index (χ4n) is 0.973. The quantitative estimate of drug-likeness (QED) is 0.735. The van der Waals surface area contributed by atoms with Crippen LogP contribution in [0.2, 0.25) is 0 Å². The summed E-state index contributed by atoms with van der Waals surface area (Å²) in [5, 5.41) is 0. The zero-order valence-corrected chi connectivity index (χ0v) is 11.5. The smallest absolute Gasteiger partial charge is 0.0743 e. The molecule has 0 aliphatic rings. The van der Waals surface area contributed by atoms with Gasteiger partial charge in [0.05, 0.1) is 14.2 Å². The molecule has 0 atom stereocenters. The van der Waals surface area contributed by atoms with E-state index in [-0.39, 0.29) is 0 Å². The molecule has 0 aliphatic heterocycles. The summed E-state index contributed by atoms with van der Waals surface area (Å²) in [6, 6.07) is 2.14. The van der Waals surface area contributed by atoms with Crippen molar-refractivity contribution in [2.45, 2.75) is 19.8 Å². The third-order valence-electron chi connectivity index (χ3n) is 1.59. The predicted molar refractivity (Wildman–Crippen MR) is 64.5 cm³/mol. The van der Waals surface area contributed by atoms with Gasteiger partial charge in [-0.15, -0.1) is 11.3 Å². The van der Waals surface area contributed by atoms with Gasteiger partial charge in [0, 0.05) is 6.61 Å². The largest absolute Gasteiger partial charge is 0.381 e. The van der Waals surface area contributed by atoms with E-state index >= 15 is 0 Å². The van der Waals surface area contributed by atoms with Gasteiger partial charge in [-0.05, 0) is 56.3 Å². The molecule has 0 unspecified atom stereocenters. The van der Waals surface area contributed by atoms with E-state index in [2.05, 4.69) is 44.8 Å². The second kappa shape index (κ2) is 6.17. The first-order valence-electron chi connectivity index (χ1n) is 4.25. The van der Waals surface area contributed by atoms with Crippen LogP contribution >= 0.6 is 43.2 Å². The Bertz CT molecular complexity index is 260. The zero-order valence-electron chi connectivity index (χ0n) is 7.48. The minimum Gasteiger partial charge on any atom is -0.381 e. The standard InChI is InChI=1S/C9H12Br2OS/c1-2-4-12-5-3-7-6-8(10)13-9(7)11/h6H,2-5H2,1H3. The van der Waals surface area contributed by atoms with Gasteiger partial charge in [-0.3, -0.25) is 0 Å². The normalized spacial score (nSPS) is 10.7. The van der Waals surface area contributed by atoms with Crippen LogP contribution in [0.15, 0.2) is 13.6 Å². The molecular weight excluding hydrogens is 316 g/mol. The number of ether oxygens (including phenoxy) is 1. The van der Waals surface area contributed by atoms with E-state index in [1.165, 1.54) is 13.1 Å². The molecule has 0 aromatic carbocycles. The van der Waals surface area contributed by atoms with E-state index < -0.39 is 0 Å². The SMILES string of the molecule is CCCOCCc1cc(Br)sc1Br. The van der Waals surface area contributed by atoms with Gasteiger partial charge < -0.3 is 4.74 Å². The molecule has 13 heavy (non-hydrogen) atoms. The van der Waals surface area contributed by atoms with Crippen LogP contribution in [0.4, 0.5) is 0 Å².